The molecule has 0 amide bonds. The molecule has 4 fully saturated rings. The van der Waals surface area contributed by atoms with Gasteiger partial charge in [-0.1, -0.05) is 17.7 Å². The number of tetrazole rings is 1. The highest BCUT2D eigenvalue weighted by molar-refractivity contribution is 6.30. The summed E-state index contributed by atoms with van der Waals surface area (Å²) < 4.78 is 0. The van der Waals surface area contributed by atoms with Crippen LogP contribution in [0.2, 0.25) is 5.02 Å². The summed E-state index contributed by atoms with van der Waals surface area (Å²) in [6.07, 6.45) is 6.92. The number of H-pyrrole nitrogens is 1. The molecule has 8 heteroatoms. The maximum atomic E-state index is 11.3. The summed E-state index contributed by atoms with van der Waals surface area (Å²) in [5.74, 6) is 2.39. The third-order valence-corrected chi connectivity index (χ3v) is 7.24. The Bertz CT molecular complexity index is 860. The van der Waals surface area contributed by atoms with Crippen LogP contribution in [0.1, 0.15) is 52.4 Å². The van der Waals surface area contributed by atoms with Gasteiger partial charge < -0.3 is 5.11 Å². The van der Waals surface area contributed by atoms with Gasteiger partial charge in [0.25, 0.3) is 0 Å². The molecular weight excluding hydrogens is 402 g/mol. The Hall–Kier alpha value is -2.15. The summed E-state index contributed by atoms with van der Waals surface area (Å²) >= 11 is 5.94. The number of aromatic amines is 1. The van der Waals surface area contributed by atoms with Crippen LogP contribution in [0.25, 0.3) is 11.4 Å². The number of aliphatic carboxylic acids is 1. The van der Waals surface area contributed by atoms with Crippen molar-refractivity contribution in [2.24, 2.45) is 23.2 Å². The molecule has 2 N–H and O–H groups in total. The number of benzene rings is 1. The molecule has 0 spiro atoms. The summed E-state index contributed by atoms with van der Waals surface area (Å²) in [4.78, 5) is 12.9. The summed E-state index contributed by atoms with van der Waals surface area (Å²) in [5.41, 5.74) is 0.619. The van der Waals surface area contributed by atoms with Crippen LogP contribution in [-0.4, -0.2) is 39.6 Å². The van der Waals surface area contributed by atoms with Crippen LogP contribution in [0.15, 0.2) is 24.3 Å². The lowest BCUT2D eigenvalue weighted by Crippen LogP contribution is -2.61. The van der Waals surface area contributed by atoms with Crippen molar-refractivity contribution < 1.29 is 14.8 Å². The number of nitrogens with zero attached hydrogens (tertiary/aromatic N) is 4. The molecule has 0 atom stereocenters. The molecule has 4 bridgehead atoms. The smallest absolute Gasteiger partial charge is 0.341 e. The third-order valence-electron chi connectivity index (χ3n) is 7.01. The van der Waals surface area contributed by atoms with E-state index in [1.54, 1.807) is 4.91 Å². The first kappa shape index (κ1) is 21.1. The maximum Gasteiger partial charge on any atom is 0.341 e. The lowest BCUT2D eigenvalue weighted by atomic mass is 9.49. The first-order valence-electron chi connectivity index (χ1n) is 11.0. The molecule has 1 aromatic heterocycles. The number of halogens is 1. The van der Waals surface area contributed by atoms with Gasteiger partial charge >= 0.3 is 11.8 Å². The van der Waals surface area contributed by atoms with Gasteiger partial charge in [0.2, 0.25) is 0 Å². The Morgan fingerprint density at radius 1 is 1.20 bits per heavy atom. The van der Waals surface area contributed by atoms with Gasteiger partial charge in [-0.15, -0.1) is 0 Å². The van der Waals surface area contributed by atoms with E-state index in [1.807, 2.05) is 29.3 Å². The SMILES string of the molecule is CCN(CC)[n+]1nc(-c2cccc(Cl)c2)n[nH]1.O=C(O)C12CC3CC(CC(C3)C1)C2. The van der Waals surface area contributed by atoms with Gasteiger partial charge in [0, 0.05) is 10.1 Å². The van der Waals surface area contributed by atoms with Crippen LogP contribution >= 0.6 is 11.6 Å². The molecule has 1 heterocycles. The zero-order chi connectivity index (χ0) is 21.3. The molecule has 4 aliphatic carbocycles. The van der Waals surface area contributed by atoms with Gasteiger partial charge in [0.1, 0.15) is 0 Å². The number of aromatic nitrogens is 4. The Labute approximate surface area is 182 Å². The minimum Gasteiger partial charge on any atom is -0.481 e. The highest BCUT2D eigenvalue weighted by atomic mass is 35.5. The van der Waals surface area contributed by atoms with Crippen LogP contribution in [0.5, 0.6) is 0 Å². The fraction of sp³-hybridized carbons (Fsp3) is 0.636. The number of hydrogen-bond acceptors (Lipinski definition) is 4. The Kier molecular flexibility index (Phi) is 6.00. The first-order valence-corrected chi connectivity index (χ1v) is 11.4. The number of carboxylic acid groups (broad SMARTS) is 1. The third kappa shape index (κ3) is 4.17. The topological polar surface area (TPSA) is 86.0 Å². The lowest BCUT2D eigenvalue weighted by molar-refractivity contribution is -0.800. The van der Waals surface area contributed by atoms with Crippen LogP contribution in [0.3, 0.4) is 0 Å². The number of carboxylic acids is 1. The predicted molar refractivity (Wildman–Crippen MR) is 115 cm³/mol. The summed E-state index contributed by atoms with van der Waals surface area (Å²) in [5, 5.41) is 23.4. The molecule has 0 unspecified atom stereocenters. The van der Waals surface area contributed by atoms with Gasteiger partial charge in [-0.2, -0.15) is 0 Å². The van der Waals surface area contributed by atoms with E-state index in [-0.39, 0.29) is 5.41 Å². The molecule has 162 valence electrons. The van der Waals surface area contributed by atoms with Crippen LogP contribution in [-0.2, 0) is 4.79 Å². The van der Waals surface area contributed by atoms with E-state index in [4.69, 9.17) is 11.6 Å². The quantitative estimate of drug-likeness (QED) is 0.704. The average Bonchev–Trinajstić information content (AvgIpc) is 3.18. The fourth-order valence-electron chi connectivity index (χ4n) is 5.97. The van der Waals surface area contributed by atoms with Gasteiger partial charge in [-0.3, -0.25) is 4.79 Å². The zero-order valence-electron chi connectivity index (χ0n) is 17.7. The van der Waals surface area contributed by atoms with Crippen LogP contribution in [0.4, 0.5) is 0 Å². The Morgan fingerprint density at radius 2 is 1.80 bits per heavy atom. The second-order valence-electron chi connectivity index (χ2n) is 9.08. The average molecular weight is 433 g/mol. The highest BCUT2D eigenvalue weighted by Crippen LogP contribution is 2.60. The minimum absolute atomic E-state index is 0.283. The van der Waals surface area contributed by atoms with Crippen molar-refractivity contribution in [3.8, 4) is 11.4 Å². The van der Waals surface area contributed by atoms with E-state index in [2.05, 4.69) is 29.3 Å². The van der Waals surface area contributed by atoms with Crippen molar-refractivity contribution in [1.82, 2.24) is 15.4 Å². The molecular formula is C22H31ClN5O2+. The standard InChI is InChI=1S/C11H14ClN5.C11H16O2/c1-3-16(4-2)17-14-11(13-15-17)9-6-5-7-10(12)8-9;12-10(13)11-4-7-1-8(5-11)3-9(2-7)6-11/h5-8H,3-4H2,1-2H3;7-9H,1-6H2,(H,12,13)/p+1. The monoisotopic (exact) mass is 432 g/mol. The van der Waals surface area contributed by atoms with Crippen molar-refractivity contribution in [3.05, 3.63) is 29.3 Å². The second kappa shape index (κ2) is 8.53. The van der Waals surface area contributed by atoms with E-state index in [9.17, 15) is 9.90 Å². The molecule has 0 radical (unpaired) electrons. The maximum absolute atomic E-state index is 11.3. The molecule has 0 aliphatic heterocycles. The zero-order valence-corrected chi connectivity index (χ0v) is 18.5. The van der Waals surface area contributed by atoms with E-state index in [1.165, 1.54) is 19.3 Å². The predicted octanol–water partition coefficient (Wildman–Crippen LogP) is 3.68. The van der Waals surface area contributed by atoms with Gasteiger partial charge in [0.05, 0.1) is 34.1 Å². The molecule has 30 heavy (non-hydrogen) atoms. The number of hydrogen-bond donors (Lipinski definition) is 2. The normalized spacial score (nSPS) is 28.7. The number of rotatable bonds is 5. The molecule has 4 aliphatic rings. The summed E-state index contributed by atoms with van der Waals surface area (Å²) in [6, 6.07) is 7.49. The fourth-order valence-corrected chi connectivity index (χ4v) is 6.16. The number of nitrogens with one attached hydrogen (secondary N) is 1. The van der Waals surface area contributed by atoms with E-state index >= 15 is 0 Å². The van der Waals surface area contributed by atoms with Gasteiger partial charge in [-0.05, 0) is 93.5 Å². The summed E-state index contributed by atoms with van der Waals surface area (Å²) in [7, 11) is 0. The molecule has 0 saturated heterocycles. The van der Waals surface area contributed by atoms with Crippen molar-refractivity contribution >= 4 is 17.6 Å². The van der Waals surface area contributed by atoms with Crippen molar-refractivity contribution in [3.63, 3.8) is 0 Å². The largest absolute Gasteiger partial charge is 0.481 e. The van der Waals surface area contributed by atoms with Crippen molar-refractivity contribution in [2.45, 2.75) is 52.4 Å². The van der Waals surface area contributed by atoms with Crippen LogP contribution < -0.4 is 9.91 Å². The number of carbonyl (C=O) groups is 1. The second-order valence-corrected chi connectivity index (χ2v) is 9.51. The lowest BCUT2D eigenvalue weighted by Gasteiger charge is -2.54. The van der Waals surface area contributed by atoms with E-state index < -0.39 is 5.97 Å². The van der Waals surface area contributed by atoms with Crippen molar-refractivity contribution in [1.29, 1.82) is 0 Å². The Morgan fingerprint density at radius 3 is 2.30 bits per heavy atom. The first-order chi connectivity index (χ1) is 14.4. The molecule has 4 saturated carbocycles. The highest BCUT2D eigenvalue weighted by Gasteiger charge is 2.54. The molecule has 2 aromatic rings. The van der Waals surface area contributed by atoms with Crippen LogP contribution in [0, 0.1) is 23.2 Å². The van der Waals surface area contributed by atoms with Gasteiger partial charge in [0.15, 0.2) is 0 Å². The molecule has 7 nitrogen and oxygen atoms in total. The van der Waals surface area contributed by atoms with Gasteiger partial charge in [-0.25, -0.2) is 5.01 Å². The van der Waals surface area contributed by atoms with E-state index in [0.717, 1.165) is 55.7 Å². The molecule has 6 rings (SSSR count). The van der Waals surface area contributed by atoms with Crippen molar-refractivity contribution in [2.75, 3.05) is 18.1 Å². The minimum atomic E-state index is -0.508. The summed E-state index contributed by atoms with van der Waals surface area (Å²) in [6.45, 7) is 5.87. The molecule has 1 aromatic carbocycles. The Balaban J connectivity index is 0.000000150. The van der Waals surface area contributed by atoms with E-state index in [0.29, 0.717) is 10.8 Å².